The van der Waals surface area contributed by atoms with Crippen molar-refractivity contribution in [3.63, 3.8) is 0 Å². The molecule has 8 heteroatoms. The molecule has 0 unspecified atom stereocenters. The number of thioether (sulfide) groups is 1. The fraction of sp³-hybridized carbons (Fsp3) is 0.0500. The Bertz CT molecular complexity index is 1210. The van der Waals surface area contributed by atoms with Gasteiger partial charge in [0, 0.05) is 17.1 Å². The SMILES string of the molecule is CSc1ncc2cc(C(=O)c3ccccc3Cl)n(-c3c(F)cccc3F)c2n1. The number of aromatic nitrogens is 3. The van der Waals surface area contributed by atoms with Crippen LogP contribution < -0.4 is 0 Å². The standard InChI is InChI=1S/C20H12ClF2N3OS/c1-28-20-24-10-11-9-16(18(27)12-5-2-3-6-13(12)21)26(19(11)25-20)17-14(22)7-4-8-15(17)23/h2-10H,1H3. The summed E-state index contributed by atoms with van der Waals surface area (Å²) in [7, 11) is 0. The minimum atomic E-state index is -0.810. The van der Waals surface area contributed by atoms with Crippen molar-refractivity contribution in [2.75, 3.05) is 6.26 Å². The highest BCUT2D eigenvalue weighted by Gasteiger charge is 2.24. The van der Waals surface area contributed by atoms with Crippen LogP contribution in [0.3, 0.4) is 0 Å². The average molecular weight is 416 g/mol. The molecule has 140 valence electrons. The molecule has 2 aromatic heterocycles. The van der Waals surface area contributed by atoms with Crippen LogP contribution in [-0.2, 0) is 0 Å². The maximum Gasteiger partial charge on any atom is 0.211 e. The van der Waals surface area contributed by atoms with Gasteiger partial charge in [0.1, 0.15) is 23.0 Å². The lowest BCUT2D eigenvalue weighted by atomic mass is 10.1. The molecule has 0 saturated carbocycles. The fourth-order valence-corrected chi connectivity index (χ4v) is 3.51. The summed E-state index contributed by atoms with van der Waals surface area (Å²) >= 11 is 7.45. The van der Waals surface area contributed by atoms with Crippen LogP contribution in [0.25, 0.3) is 16.7 Å². The molecule has 0 radical (unpaired) electrons. The molecule has 0 atom stereocenters. The highest BCUT2D eigenvalue weighted by atomic mass is 35.5. The molecule has 2 heterocycles. The normalized spacial score (nSPS) is 11.1. The van der Waals surface area contributed by atoms with Gasteiger partial charge in [-0.1, -0.05) is 41.6 Å². The van der Waals surface area contributed by atoms with E-state index >= 15 is 0 Å². The van der Waals surface area contributed by atoms with E-state index in [-0.39, 0.29) is 27.6 Å². The van der Waals surface area contributed by atoms with E-state index in [4.69, 9.17) is 11.6 Å². The van der Waals surface area contributed by atoms with E-state index in [0.717, 1.165) is 12.1 Å². The van der Waals surface area contributed by atoms with Crippen LogP contribution in [0.4, 0.5) is 8.78 Å². The number of hydrogen-bond acceptors (Lipinski definition) is 4. The smallest absolute Gasteiger partial charge is 0.211 e. The van der Waals surface area contributed by atoms with Gasteiger partial charge >= 0.3 is 0 Å². The van der Waals surface area contributed by atoms with Crippen molar-refractivity contribution < 1.29 is 13.6 Å². The van der Waals surface area contributed by atoms with Crippen LogP contribution in [0.5, 0.6) is 0 Å². The summed E-state index contributed by atoms with van der Waals surface area (Å²) in [5.41, 5.74) is 0.125. The molecule has 0 amide bonds. The molecule has 4 rings (SSSR count). The minimum Gasteiger partial charge on any atom is -0.287 e. The second-order valence-corrected chi connectivity index (χ2v) is 7.06. The predicted octanol–water partition coefficient (Wildman–Crippen LogP) is 5.31. The highest BCUT2D eigenvalue weighted by Crippen LogP contribution is 2.30. The van der Waals surface area contributed by atoms with Crippen molar-refractivity contribution >= 4 is 40.2 Å². The topological polar surface area (TPSA) is 47.8 Å². The van der Waals surface area contributed by atoms with E-state index in [9.17, 15) is 13.6 Å². The first-order chi connectivity index (χ1) is 13.5. The third-order valence-corrected chi connectivity index (χ3v) is 5.11. The van der Waals surface area contributed by atoms with E-state index in [1.807, 2.05) is 0 Å². The summed E-state index contributed by atoms with van der Waals surface area (Å²) < 4.78 is 30.4. The summed E-state index contributed by atoms with van der Waals surface area (Å²) in [6, 6.07) is 11.5. The lowest BCUT2D eigenvalue weighted by Gasteiger charge is -2.12. The zero-order valence-corrected chi connectivity index (χ0v) is 16.1. The average Bonchev–Trinajstić information content (AvgIpc) is 3.06. The predicted molar refractivity (Wildman–Crippen MR) is 105 cm³/mol. The van der Waals surface area contributed by atoms with Crippen LogP contribution >= 0.6 is 23.4 Å². The largest absolute Gasteiger partial charge is 0.287 e. The second-order valence-electron chi connectivity index (χ2n) is 5.88. The Hall–Kier alpha value is -2.77. The van der Waals surface area contributed by atoms with Gasteiger partial charge in [-0.3, -0.25) is 9.36 Å². The van der Waals surface area contributed by atoms with Crippen molar-refractivity contribution in [3.8, 4) is 5.69 Å². The summed E-state index contributed by atoms with van der Waals surface area (Å²) in [6.45, 7) is 0. The maximum absolute atomic E-state index is 14.6. The Morgan fingerprint density at radius 2 is 1.82 bits per heavy atom. The molecule has 0 aliphatic rings. The zero-order valence-electron chi connectivity index (χ0n) is 14.5. The molecular formula is C20H12ClF2N3OS. The molecule has 4 nitrogen and oxygen atoms in total. The number of ketones is 1. The van der Waals surface area contributed by atoms with Gasteiger partial charge in [-0.25, -0.2) is 18.7 Å². The summed E-state index contributed by atoms with van der Waals surface area (Å²) in [5, 5.41) is 1.14. The molecule has 0 aliphatic carbocycles. The van der Waals surface area contributed by atoms with Gasteiger partial charge in [0.25, 0.3) is 0 Å². The summed E-state index contributed by atoms with van der Waals surface area (Å²) in [6.07, 6.45) is 3.31. The number of carbonyl (C=O) groups excluding carboxylic acids is 1. The van der Waals surface area contributed by atoms with Gasteiger partial charge in [-0.2, -0.15) is 0 Å². The summed E-state index contributed by atoms with van der Waals surface area (Å²) in [5.74, 6) is -2.10. The number of rotatable bonds is 4. The number of halogens is 3. The molecule has 0 bridgehead atoms. The van der Waals surface area contributed by atoms with Crippen LogP contribution in [0.2, 0.25) is 5.02 Å². The fourth-order valence-electron chi connectivity index (χ4n) is 2.95. The van der Waals surface area contributed by atoms with E-state index in [0.29, 0.717) is 10.5 Å². The van der Waals surface area contributed by atoms with Crippen molar-refractivity contribution in [3.05, 3.63) is 82.6 Å². The van der Waals surface area contributed by atoms with Gasteiger partial charge < -0.3 is 0 Å². The Kier molecular flexibility index (Phi) is 4.87. The first-order valence-electron chi connectivity index (χ1n) is 8.17. The lowest BCUT2D eigenvalue weighted by molar-refractivity contribution is 0.103. The van der Waals surface area contributed by atoms with E-state index in [1.165, 1.54) is 34.7 Å². The molecule has 4 aromatic rings. The molecule has 0 N–H and O–H groups in total. The molecule has 0 aliphatic heterocycles. The molecular weight excluding hydrogens is 404 g/mol. The number of benzene rings is 2. The third kappa shape index (κ3) is 3.06. The number of para-hydroxylation sites is 1. The van der Waals surface area contributed by atoms with Crippen LogP contribution in [0.15, 0.2) is 59.9 Å². The van der Waals surface area contributed by atoms with Crippen LogP contribution in [0, 0.1) is 11.6 Å². The quantitative estimate of drug-likeness (QED) is 0.257. The van der Waals surface area contributed by atoms with E-state index in [2.05, 4.69) is 9.97 Å². The Balaban J connectivity index is 2.07. The zero-order chi connectivity index (χ0) is 19.8. The van der Waals surface area contributed by atoms with E-state index < -0.39 is 17.4 Å². The molecule has 28 heavy (non-hydrogen) atoms. The lowest BCUT2D eigenvalue weighted by Crippen LogP contribution is -2.12. The first-order valence-corrected chi connectivity index (χ1v) is 9.77. The van der Waals surface area contributed by atoms with Gasteiger partial charge in [-0.15, -0.1) is 0 Å². The van der Waals surface area contributed by atoms with Gasteiger partial charge in [-0.05, 0) is 36.6 Å². The van der Waals surface area contributed by atoms with Gasteiger partial charge in [0.05, 0.1) is 10.7 Å². The summed E-state index contributed by atoms with van der Waals surface area (Å²) in [4.78, 5) is 21.8. The Labute approximate surface area is 168 Å². The Morgan fingerprint density at radius 1 is 1.11 bits per heavy atom. The number of carbonyl (C=O) groups is 1. The molecule has 2 aromatic carbocycles. The van der Waals surface area contributed by atoms with Crippen molar-refractivity contribution in [2.45, 2.75) is 5.16 Å². The molecule has 0 saturated heterocycles. The minimum absolute atomic E-state index is 0.0413. The second kappa shape index (κ2) is 7.33. The highest BCUT2D eigenvalue weighted by molar-refractivity contribution is 7.98. The van der Waals surface area contributed by atoms with Crippen LogP contribution in [-0.4, -0.2) is 26.6 Å². The van der Waals surface area contributed by atoms with Gasteiger partial charge in [0.15, 0.2) is 5.16 Å². The van der Waals surface area contributed by atoms with E-state index in [1.54, 1.807) is 30.5 Å². The third-order valence-electron chi connectivity index (χ3n) is 4.21. The molecule has 0 fully saturated rings. The first kappa shape index (κ1) is 18.6. The molecule has 0 spiro atoms. The van der Waals surface area contributed by atoms with Crippen molar-refractivity contribution in [1.82, 2.24) is 14.5 Å². The number of hydrogen-bond donors (Lipinski definition) is 0. The monoisotopic (exact) mass is 415 g/mol. The maximum atomic E-state index is 14.6. The van der Waals surface area contributed by atoms with Crippen molar-refractivity contribution in [2.24, 2.45) is 0 Å². The number of nitrogens with zero attached hydrogens (tertiary/aromatic N) is 3. The Morgan fingerprint density at radius 3 is 2.50 bits per heavy atom. The van der Waals surface area contributed by atoms with Crippen molar-refractivity contribution in [1.29, 1.82) is 0 Å². The van der Waals surface area contributed by atoms with Gasteiger partial charge in [0.2, 0.25) is 5.78 Å². The number of fused-ring (bicyclic) bond motifs is 1. The van der Waals surface area contributed by atoms with Crippen LogP contribution in [0.1, 0.15) is 16.1 Å².